The molecule has 1 aromatic carbocycles. The summed E-state index contributed by atoms with van der Waals surface area (Å²) >= 11 is 3.29. The summed E-state index contributed by atoms with van der Waals surface area (Å²) in [6, 6.07) is 6.94. The molecular weight excluding hydrogens is 314 g/mol. The predicted molar refractivity (Wildman–Crippen MR) is 78.5 cm³/mol. The molecule has 0 N–H and O–H groups in total. The van der Waals surface area contributed by atoms with Gasteiger partial charge in [-0.25, -0.2) is 8.42 Å². The Morgan fingerprint density at radius 3 is 2.39 bits per heavy atom. The maximum absolute atomic E-state index is 12.4. The second-order valence-electron chi connectivity index (χ2n) is 3.93. The highest BCUT2D eigenvalue weighted by atomic mass is 79.9. The highest BCUT2D eigenvalue weighted by Crippen LogP contribution is 2.16. The number of hydrogen-bond acceptors (Lipinski definition) is 2. The summed E-state index contributed by atoms with van der Waals surface area (Å²) in [4.78, 5) is 0.346. The summed E-state index contributed by atoms with van der Waals surface area (Å²) in [6.45, 7) is 4.68. The molecule has 18 heavy (non-hydrogen) atoms. The molecule has 0 saturated heterocycles. The van der Waals surface area contributed by atoms with Crippen LogP contribution in [0.1, 0.15) is 12.5 Å². The van der Waals surface area contributed by atoms with Gasteiger partial charge in [-0.1, -0.05) is 45.8 Å². The average Bonchev–Trinajstić information content (AvgIpc) is 2.35. The van der Waals surface area contributed by atoms with Crippen LogP contribution in [0.15, 0.2) is 41.3 Å². The molecule has 0 amide bonds. The minimum atomic E-state index is -3.40. The lowest BCUT2D eigenvalue weighted by atomic mass is 10.2. The average molecular weight is 332 g/mol. The van der Waals surface area contributed by atoms with E-state index in [1.807, 2.05) is 38.1 Å². The Labute approximate surface area is 118 Å². The molecule has 0 radical (unpaired) electrons. The molecule has 3 nitrogen and oxygen atoms in total. The number of allylic oxidation sites excluding steroid dienone is 1. The zero-order valence-corrected chi connectivity index (χ0v) is 13.0. The Bertz CT molecular complexity index is 494. The van der Waals surface area contributed by atoms with E-state index in [1.54, 1.807) is 12.1 Å². The summed E-state index contributed by atoms with van der Waals surface area (Å²) in [5.74, 6) is 0. The molecule has 0 heterocycles. The van der Waals surface area contributed by atoms with E-state index in [-0.39, 0.29) is 0 Å². The van der Waals surface area contributed by atoms with Gasteiger partial charge in [-0.3, -0.25) is 0 Å². The quantitative estimate of drug-likeness (QED) is 0.593. The molecule has 0 aliphatic carbocycles. The standard InChI is InChI=1S/C13H18BrNO2S/c1-3-4-10-15(11-9-14)18(16,17)13-7-5-12(2)6-8-13/h3-8H,9-11H2,1-2H3/b4-3+. The topological polar surface area (TPSA) is 37.4 Å². The monoisotopic (exact) mass is 331 g/mol. The van der Waals surface area contributed by atoms with E-state index >= 15 is 0 Å². The van der Waals surface area contributed by atoms with Gasteiger partial charge in [-0.05, 0) is 26.0 Å². The minimum absolute atomic E-state index is 0.346. The van der Waals surface area contributed by atoms with Gasteiger partial charge >= 0.3 is 0 Å². The van der Waals surface area contributed by atoms with Gasteiger partial charge in [0.15, 0.2) is 0 Å². The fourth-order valence-electron chi connectivity index (χ4n) is 1.49. The number of nitrogens with zero attached hydrogens (tertiary/aromatic N) is 1. The molecule has 100 valence electrons. The molecule has 0 saturated carbocycles. The van der Waals surface area contributed by atoms with Crippen molar-refractivity contribution >= 4 is 26.0 Å². The van der Waals surface area contributed by atoms with Crippen LogP contribution in [0, 0.1) is 6.92 Å². The van der Waals surface area contributed by atoms with E-state index in [0.717, 1.165) is 5.56 Å². The van der Waals surface area contributed by atoms with E-state index in [0.29, 0.717) is 23.3 Å². The van der Waals surface area contributed by atoms with Crippen molar-refractivity contribution in [2.75, 3.05) is 18.4 Å². The van der Waals surface area contributed by atoms with Gasteiger partial charge in [0.25, 0.3) is 0 Å². The summed E-state index contributed by atoms with van der Waals surface area (Å²) in [5, 5.41) is 0.621. The van der Waals surface area contributed by atoms with Crippen LogP contribution in [0.3, 0.4) is 0 Å². The van der Waals surface area contributed by atoms with Gasteiger partial charge in [0.05, 0.1) is 4.90 Å². The van der Waals surface area contributed by atoms with Crippen LogP contribution in [0.25, 0.3) is 0 Å². The first kappa shape index (κ1) is 15.4. The molecule has 5 heteroatoms. The van der Waals surface area contributed by atoms with Gasteiger partial charge in [-0.15, -0.1) is 0 Å². The number of rotatable bonds is 6. The van der Waals surface area contributed by atoms with E-state index in [2.05, 4.69) is 15.9 Å². The van der Waals surface area contributed by atoms with Crippen molar-refractivity contribution < 1.29 is 8.42 Å². The maximum Gasteiger partial charge on any atom is 0.243 e. The molecule has 0 spiro atoms. The Morgan fingerprint density at radius 1 is 1.28 bits per heavy atom. The van der Waals surface area contributed by atoms with Crippen molar-refractivity contribution in [3.63, 3.8) is 0 Å². The first-order valence-corrected chi connectivity index (χ1v) is 8.32. The van der Waals surface area contributed by atoms with Crippen LogP contribution in [-0.2, 0) is 10.0 Å². The van der Waals surface area contributed by atoms with E-state index in [9.17, 15) is 8.42 Å². The normalized spacial score (nSPS) is 12.4. The summed E-state index contributed by atoms with van der Waals surface area (Å²) in [6.07, 6.45) is 3.69. The number of halogens is 1. The maximum atomic E-state index is 12.4. The van der Waals surface area contributed by atoms with Crippen molar-refractivity contribution in [1.29, 1.82) is 0 Å². The number of sulfonamides is 1. The van der Waals surface area contributed by atoms with Gasteiger partial charge < -0.3 is 0 Å². The second-order valence-corrected chi connectivity index (χ2v) is 6.67. The molecule has 0 aliphatic rings. The Balaban J connectivity index is 3.04. The summed E-state index contributed by atoms with van der Waals surface area (Å²) < 4.78 is 26.3. The molecule has 0 bridgehead atoms. The van der Waals surface area contributed by atoms with Crippen molar-refractivity contribution in [1.82, 2.24) is 4.31 Å². The van der Waals surface area contributed by atoms with Crippen molar-refractivity contribution in [2.24, 2.45) is 0 Å². The number of benzene rings is 1. The van der Waals surface area contributed by atoms with Crippen LogP contribution in [-0.4, -0.2) is 31.1 Å². The van der Waals surface area contributed by atoms with Gasteiger partial charge in [-0.2, -0.15) is 4.31 Å². The number of alkyl halides is 1. The Hall–Kier alpha value is -0.650. The van der Waals surface area contributed by atoms with Gasteiger partial charge in [0.2, 0.25) is 10.0 Å². The predicted octanol–water partition coefficient (Wildman–Crippen LogP) is 2.96. The third kappa shape index (κ3) is 3.93. The van der Waals surface area contributed by atoms with Crippen molar-refractivity contribution in [3.8, 4) is 0 Å². The van der Waals surface area contributed by atoms with Gasteiger partial charge in [0.1, 0.15) is 0 Å². The number of aryl methyl sites for hydroxylation is 1. The fraction of sp³-hybridized carbons (Fsp3) is 0.385. The first-order valence-electron chi connectivity index (χ1n) is 5.76. The van der Waals surface area contributed by atoms with Crippen LogP contribution >= 0.6 is 15.9 Å². The molecule has 1 aromatic rings. The Morgan fingerprint density at radius 2 is 1.89 bits per heavy atom. The molecule has 0 atom stereocenters. The molecule has 1 rings (SSSR count). The third-order valence-electron chi connectivity index (χ3n) is 2.54. The van der Waals surface area contributed by atoms with Crippen LogP contribution < -0.4 is 0 Å². The first-order chi connectivity index (χ1) is 8.52. The summed E-state index contributed by atoms with van der Waals surface area (Å²) in [5.41, 5.74) is 1.05. The largest absolute Gasteiger partial charge is 0.243 e. The number of hydrogen-bond donors (Lipinski definition) is 0. The molecule has 0 aliphatic heterocycles. The zero-order valence-electron chi connectivity index (χ0n) is 10.6. The minimum Gasteiger partial charge on any atom is -0.207 e. The fourth-order valence-corrected chi connectivity index (χ4v) is 3.54. The van der Waals surface area contributed by atoms with Gasteiger partial charge in [0, 0.05) is 18.4 Å². The van der Waals surface area contributed by atoms with E-state index in [4.69, 9.17) is 0 Å². The van der Waals surface area contributed by atoms with E-state index in [1.165, 1.54) is 4.31 Å². The highest BCUT2D eigenvalue weighted by Gasteiger charge is 2.22. The lowest BCUT2D eigenvalue weighted by Crippen LogP contribution is -2.33. The lowest BCUT2D eigenvalue weighted by Gasteiger charge is -2.19. The summed E-state index contributed by atoms with van der Waals surface area (Å²) in [7, 11) is -3.40. The molecular formula is C13H18BrNO2S. The lowest BCUT2D eigenvalue weighted by molar-refractivity contribution is 0.462. The highest BCUT2D eigenvalue weighted by molar-refractivity contribution is 9.09. The van der Waals surface area contributed by atoms with Crippen LogP contribution in [0.2, 0.25) is 0 Å². The van der Waals surface area contributed by atoms with Crippen molar-refractivity contribution in [2.45, 2.75) is 18.7 Å². The Kier molecular flexibility index (Phi) is 6.05. The third-order valence-corrected chi connectivity index (χ3v) is 4.77. The molecule has 0 fully saturated rings. The second kappa shape index (κ2) is 7.07. The van der Waals surface area contributed by atoms with Crippen molar-refractivity contribution in [3.05, 3.63) is 42.0 Å². The smallest absolute Gasteiger partial charge is 0.207 e. The SMILES string of the molecule is C/C=C/CN(CCBr)S(=O)(=O)c1ccc(C)cc1. The zero-order chi connectivity index (χ0) is 13.6. The van der Waals surface area contributed by atoms with Crippen LogP contribution in [0.4, 0.5) is 0 Å². The van der Waals surface area contributed by atoms with E-state index < -0.39 is 10.0 Å². The molecule has 0 aromatic heterocycles. The van der Waals surface area contributed by atoms with Crippen LogP contribution in [0.5, 0.6) is 0 Å². The molecule has 0 unspecified atom stereocenters.